The van der Waals surface area contributed by atoms with E-state index in [0.29, 0.717) is 11.0 Å². The van der Waals surface area contributed by atoms with Gasteiger partial charge < -0.3 is 9.36 Å². The van der Waals surface area contributed by atoms with Crippen molar-refractivity contribution in [2.75, 3.05) is 20.2 Å². The molecule has 0 spiro atoms. The van der Waals surface area contributed by atoms with Crippen molar-refractivity contribution in [1.29, 1.82) is 0 Å². The molecule has 1 aliphatic heterocycles. The van der Waals surface area contributed by atoms with Crippen LogP contribution in [0.5, 0.6) is 0 Å². The van der Waals surface area contributed by atoms with Gasteiger partial charge in [-0.2, -0.15) is 5.06 Å². The third kappa shape index (κ3) is 4.12. The Morgan fingerprint density at radius 1 is 1.44 bits per heavy atom. The number of hydroxylamine groups is 2. The lowest BCUT2D eigenvalue weighted by Crippen LogP contribution is -2.36. The van der Waals surface area contributed by atoms with E-state index in [4.69, 9.17) is 21.0 Å². The van der Waals surface area contributed by atoms with Crippen LogP contribution in [-0.2, 0) is 19.7 Å². The van der Waals surface area contributed by atoms with E-state index in [9.17, 15) is 13.2 Å². The molecule has 1 amide bonds. The van der Waals surface area contributed by atoms with Crippen LogP contribution in [-0.4, -0.2) is 44.7 Å². The average Bonchev–Trinajstić information content (AvgIpc) is 2.96. The molecule has 0 bridgehead atoms. The van der Waals surface area contributed by atoms with E-state index in [2.05, 4.69) is 9.88 Å². The van der Waals surface area contributed by atoms with Crippen molar-refractivity contribution in [3.63, 3.8) is 0 Å². The second kappa shape index (κ2) is 7.28. The fourth-order valence-corrected chi connectivity index (χ4v) is 4.07. The smallest absolute Gasteiger partial charge is 0.264 e. The number of fused-ring (bicyclic) bond motifs is 1. The standard InChI is InChI=1S/C15H18ClN3O5S/c1-23-19-6-4-10(5-7-19)8-14(20)18-25(21,22)11-2-3-13-12(9-11)15(16)17-24-13/h2-3,9-10H,4-8H2,1H3,(H,18,20). The van der Waals surface area contributed by atoms with Crippen molar-refractivity contribution in [1.82, 2.24) is 14.9 Å². The lowest BCUT2D eigenvalue weighted by Gasteiger charge is -2.29. The minimum atomic E-state index is -3.97. The van der Waals surface area contributed by atoms with Gasteiger partial charge in [-0.05, 0) is 37.0 Å². The van der Waals surface area contributed by atoms with E-state index in [1.807, 2.05) is 5.06 Å². The Bertz CT molecular complexity index is 874. The third-order valence-electron chi connectivity index (χ3n) is 4.26. The highest BCUT2D eigenvalue weighted by atomic mass is 35.5. The topological polar surface area (TPSA) is 102 Å². The molecule has 0 saturated carbocycles. The van der Waals surface area contributed by atoms with Gasteiger partial charge in [-0.3, -0.25) is 4.79 Å². The number of carbonyl (C=O) groups is 1. The lowest BCUT2D eigenvalue weighted by molar-refractivity contribution is -0.149. The fraction of sp³-hybridized carbons (Fsp3) is 0.467. The summed E-state index contributed by atoms with van der Waals surface area (Å²) in [4.78, 5) is 17.2. The summed E-state index contributed by atoms with van der Waals surface area (Å²) >= 11 is 5.85. The Balaban J connectivity index is 1.66. The molecule has 0 atom stereocenters. The maximum Gasteiger partial charge on any atom is 0.264 e. The monoisotopic (exact) mass is 387 g/mol. The summed E-state index contributed by atoms with van der Waals surface area (Å²) in [5.41, 5.74) is 0.375. The van der Waals surface area contributed by atoms with Crippen LogP contribution in [0, 0.1) is 5.92 Å². The van der Waals surface area contributed by atoms with E-state index in [1.54, 1.807) is 7.11 Å². The molecule has 1 N–H and O–H groups in total. The van der Waals surface area contributed by atoms with Gasteiger partial charge in [-0.25, -0.2) is 13.1 Å². The maximum absolute atomic E-state index is 12.4. The Labute approximate surface area is 150 Å². The Kier molecular flexibility index (Phi) is 5.28. The quantitative estimate of drug-likeness (QED) is 0.836. The van der Waals surface area contributed by atoms with Crippen molar-refractivity contribution in [3.8, 4) is 0 Å². The molecule has 1 saturated heterocycles. The van der Waals surface area contributed by atoms with Crippen LogP contribution in [0.4, 0.5) is 0 Å². The number of halogens is 1. The van der Waals surface area contributed by atoms with Gasteiger partial charge in [0.2, 0.25) is 5.91 Å². The van der Waals surface area contributed by atoms with Gasteiger partial charge in [0.25, 0.3) is 10.0 Å². The number of piperidine rings is 1. The van der Waals surface area contributed by atoms with E-state index in [-0.39, 0.29) is 22.4 Å². The highest BCUT2D eigenvalue weighted by molar-refractivity contribution is 7.90. The first-order valence-electron chi connectivity index (χ1n) is 7.78. The van der Waals surface area contributed by atoms with Gasteiger partial charge in [0, 0.05) is 19.5 Å². The van der Waals surface area contributed by atoms with Gasteiger partial charge in [-0.15, -0.1) is 0 Å². The summed E-state index contributed by atoms with van der Waals surface area (Å²) in [6, 6.07) is 4.13. The van der Waals surface area contributed by atoms with E-state index in [0.717, 1.165) is 25.9 Å². The molecule has 2 aromatic rings. The number of hydrogen-bond donors (Lipinski definition) is 1. The van der Waals surface area contributed by atoms with Crippen LogP contribution in [0.1, 0.15) is 19.3 Å². The van der Waals surface area contributed by atoms with Crippen LogP contribution in [0.15, 0.2) is 27.6 Å². The molecule has 0 radical (unpaired) electrons. The molecule has 2 heterocycles. The van der Waals surface area contributed by atoms with Crippen LogP contribution < -0.4 is 4.72 Å². The largest absolute Gasteiger partial charge is 0.355 e. The molecule has 8 nitrogen and oxygen atoms in total. The molecule has 1 aliphatic rings. The number of hydrogen-bond acceptors (Lipinski definition) is 7. The summed E-state index contributed by atoms with van der Waals surface area (Å²) in [5.74, 6) is -0.385. The SMILES string of the molecule is CON1CCC(CC(=O)NS(=O)(=O)c2ccc3onc(Cl)c3c2)CC1. The second-order valence-electron chi connectivity index (χ2n) is 5.92. The number of nitrogens with one attached hydrogen (secondary N) is 1. The summed E-state index contributed by atoms with van der Waals surface area (Å²) in [6.45, 7) is 1.45. The molecular weight excluding hydrogens is 370 g/mol. The number of sulfonamides is 1. The zero-order valence-electron chi connectivity index (χ0n) is 13.6. The van der Waals surface area contributed by atoms with Crippen molar-refractivity contribution in [2.45, 2.75) is 24.2 Å². The molecule has 25 heavy (non-hydrogen) atoms. The Morgan fingerprint density at radius 2 is 2.16 bits per heavy atom. The first kappa shape index (κ1) is 18.1. The average molecular weight is 388 g/mol. The minimum Gasteiger partial charge on any atom is -0.355 e. The van der Waals surface area contributed by atoms with Crippen LogP contribution >= 0.6 is 11.6 Å². The number of amides is 1. The lowest BCUT2D eigenvalue weighted by atomic mass is 9.94. The number of nitrogens with zero attached hydrogens (tertiary/aromatic N) is 2. The van der Waals surface area contributed by atoms with E-state index >= 15 is 0 Å². The molecule has 10 heteroatoms. The zero-order chi connectivity index (χ0) is 18.0. The molecule has 1 aromatic heterocycles. The minimum absolute atomic E-state index is 0.0624. The third-order valence-corrected chi connectivity index (χ3v) is 5.91. The highest BCUT2D eigenvalue weighted by Crippen LogP contribution is 2.26. The van der Waals surface area contributed by atoms with E-state index in [1.165, 1.54) is 18.2 Å². The number of benzene rings is 1. The predicted octanol–water partition coefficient (Wildman–Crippen LogP) is 1.95. The number of carbonyl (C=O) groups excluding carboxylic acids is 1. The molecule has 1 aromatic carbocycles. The normalized spacial score (nSPS) is 17.0. The number of rotatable bonds is 5. The summed E-state index contributed by atoms with van der Waals surface area (Å²) in [6.07, 6.45) is 1.72. The molecule has 0 aliphatic carbocycles. The van der Waals surface area contributed by atoms with Gasteiger partial charge in [0.05, 0.1) is 17.4 Å². The summed E-state index contributed by atoms with van der Waals surface area (Å²) < 4.78 is 31.9. The number of aromatic nitrogens is 1. The Hall–Kier alpha value is -1.68. The summed E-state index contributed by atoms with van der Waals surface area (Å²) in [5, 5.41) is 5.84. The molecule has 136 valence electrons. The first-order valence-corrected chi connectivity index (χ1v) is 9.65. The molecule has 0 unspecified atom stereocenters. The van der Waals surface area contributed by atoms with E-state index < -0.39 is 15.9 Å². The van der Waals surface area contributed by atoms with Gasteiger partial charge in [-0.1, -0.05) is 16.8 Å². The first-order chi connectivity index (χ1) is 11.9. The van der Waals surface area contributed by atoms with Crippen LogP contribution in [0.25, 0.3) is 11.0 Å². The predicted molar refractivity (Wildman–Crippen MR) is 90.3 cm³/mol. The van der Waals surface area contributed by atoms with Gasteiger partial charge in [0.15, 0.2) is 10.7 Å². The molecule has 1 fully saturated rings. The fourth-order valence-electron chi connectivity index (χ4n) is 2.86. The molecule has 3 rings (SSSR count). The second-order valence-corrected chi connectivity index (χ2v) is 7.96. The van der Waals surface area contributed by atoms with Gasteiger partial charge >= 0.3 is 0 Å². The Morgan fingerprint density at radius 3 is 2.84 bits per heavy atom. The zero-order valence-corrected chi connectivity index (χ0v) is 15.1. The maximum atomic E-state index is 12.4. The van der Waals surface area contributed by atoms with Crippen molar-refractivity contribution in [3.05, 3.63) is 23.4 Å². The van der Waals surface area contributed by atoms with Gasteiger partial charge in [0.1, 0.15) is 0 Å². The van der Waals surface area contributed by atoms with Crippen LogP contribution in [0.3, 0.4) is 0 Å². The van der Waals surface area contributed by atoms with Crippen LogP contribution in [0.2, 0.25) is 5.15 Å². The van der Waals surface area contributed by atoms with Crippen molar-refractivity contribution >= 4 is 38.5 Å². The van der Waals surface area contributed by atoms with Crippen molar-refractivity contribution in [2.24, 2.45) is 5.92 Å². The molecular formula is C15H18ClN3O5S. The summed E-state index contributed by atoms with van der Waals surface area (Å²) in [7, 11) is -2.37. The highest BCUT2D eigenvalue weighted by Gasteiger charge is 2.25. The van der Waals surface area contributed by atoms with Crippen molar-refractivity contribution < 1.29 is 22.6 Å².